The van der Waals surface area contributed by atoms with Gasteiger partial charge in [-0.1, -0.05) is 42.1 Å². The molecule has 4 nitrogen and oxygen atoms in total. The Kier molecular flexibility index (Phi) is 5.09. The van der Waals surface area contributed by atoms with Gasteiger partial charge in [0.05, 0.1) is 6.20 Å². The van der Waals surface area contributed by atoms with Gasteiger partial charge < -0.3 is 10.5 Å². The second-order valence-corrected chi connectivity index (χ2v) is 5.27. The van der Waals surface area contributed by atoms with Gasteiger partial charge in [0.1, 0.15) is 10.6 Å². The molecule has 122 valence electrons. The summed E-state index contributed by atoms with van der Waals surface area (Å²) >= 11 is 0.800. The van der Waals surface area contributed by atoms with Crippen LogP contribution in [0.25, 0.3) is 0 Å². The molecule has 1 aromatic heterocycles. The molecular weight excluding hydrogens is 336 g/mol. The van der Waals surface area contributed by atoms with Crippen LogP contribution in [0.2, 0.25) is 0 Å². The molecule has 0 bridgehead atoms. The highest BCUT2D eigenvalue weighted by Gasteiger charge is 2.40. The number of alkyl halides is 3. The monoisotopic (exact) mass is 346 g/mol. The van der Waals surface area contributed by atoms with E-state index in [0.29, 0.717) is 6.20 Å². The fraction of sp³-hybridized carbons (Fsp3) is 0.143. The van der Waals surface area contributed by atoms with Crippen molar-refractivity contribution in [2.75, 3.05) is 0 Å². The average molecular weight is 346 g/mol. The van der Waals surface area contributed by atoms with Gasteiger partial charge >= 0.3 is 12.3 Å². The third-order valence-electron chi connectivity index (χ3n) is 2.67. The molecule has 9 heteroatoms. The normalized spacial score (nSPS) is 11.3. The molecule has 23 heavy (non-hydrogen) atoms. The Bertz CT molecular complexity index is 708. The summed E-state index contributed by atoms with van der Waals surface area (Å²) in [6, 6.07) is 8.79. The van der Waals surface area contributed by atoms with Gasteiger partial charge in [-0.05, 0) is 5.56 Å². The number of rotatable bonds is 4. The largest absolute Gasteiger partial charge is 0.422 e. The van der Waals surface area contributed by atoms with Crippen LogP contribution in [0, 0.1) is 5.82 Å². The van der Waals surface area contributed by atoms with Gasteiger partial charge in [0.25, 0.3) is 0 Å². The highest BCUT2D eigenvalue weighted by molar-refractivity contribution is 7.98. The Morgan fingerprint density at radius 3 is 2.48 bits per heavy atom. The molecule has 0 aliphatic heterocycles. The first kappa shape index (κ1) is 17.1. The highest BCUT2D eigenvalue weighted by atomic mass is 32.2. The van der Waals surface area contributed by atoms with Gasteiger partial charge in [-0.25, -0.2) is 14.2 Å². The maximum absolute atomic E-state index is 14.1. The molecule has 0 aliphatic carbocycles. The van der Waals surface area contributed by atoms with Gasteiger partial charge in [0, 0.05) is 5.75 Å². The van der Waals surface area contributed by atoms with Crippen LogP contribution in [-0.4, -0.2) is 11.1 Å². The number of benzene rings is 1. The minimum absolute atomic E-state index is 0.234. The van der Waals surface area contributed by atoms with E-state index in [9.17, 15) is 22.4 Å². The molecule has 2 rings (SSSR count). The number of thioether (sulfide) groups is 1. The molecule has 1 heterocycles. The number of primary amides is 1. The highest BCUT2D eigenvalue weighted by Crippen LogP contribution is 2.40. The molecule has 1 aromatic carbocycles. The molecule has 0 saturated carbocycles. The minimum atomic E-state index is -5.06. The van der Waals surface area contributed by atoms with Crippen LogP contribution in [0.5, 0.6) is 5.75 Å². The first-order valence-electron chi connectivity index (χ1n) is 6.18. The number of nitrogens with two attached hydrogens (primary N) is 1. The summed E-state index contributed by atoms with van der Waals surface area (Å²) < 4.78 is 57.3. The molecule has 0 unspecified atom stereocenters. The quantitative estimate of drug-likeness (QED) is 0.672. The zero-order valence-electron chi connectivity index (χ0n) is 11.4. The lowest BCUT2D eigenvalue weighted by molar-refractivity contribution is -0.141. The van der Waals surface area contributed by atoms with Crippen molar-refractivity contribution >= 4 is 17.9 Å². The van der Waals surface area contributed by atoms with Crippen LogP contribution in [0.15, 0.2) is 41.6 Å². The van der Waals surface area contributed by atoms with Crippen LogP contribution >= 0.6 is 11.8 Å². The Morgan fingerprint density at radius 2 is 1.91 bits per heavy atom. The van der Waals surface area contributed by atoms with Crippen LogP contribution < -0.4 is 10.5 Å². The third-order valence-corrected chi connectivity index (χ3v) is 3.70. The molecule has 1 amide bonds. The van der Waals surface area contributed by atoms with Gasteiger partial charge in [-0.15, -0.1) is 0 Å². The van der Waals surface area contributed by atoms with E-state index in [2.05, 4.69) is 15.5 Å². The Hall–Kier alpha value is -2.29. The van der Waals surface area contributed by atoms with E-state index in [1.165, 1.54) is 0 Å². The van der Waals surface area contributed by atoms with Crippen molar-refractivity contribution in [3.05, 3.63) is 53.5 Å². The van der Waals surface area contributed by atoms with Gasteiger partial charge in [0.15, 0.2) is 11.6 Å². The lowest BCUT2D eigenvalue weighted by Crippen LogP contribution is -2.20. The van der Waals surface area contributed by atoms with E-state index in [4.69, 9.17) is 0 Å². The molecule has 2 N–H and O–H groups in total. The Morgan fingerprint density at radius 1 is 1.26 bits per heavy atom. The number of pyridine rings is 1. The van der Waals surface area contributed by atoms with Gasteiger partial charge in [-0.2, -0.15) is 13.2 Å². The summed E-state index contributed by atoms with van der Waals surface area (Å²) in [5, 5.41) is -0.446. The number of carbonyl (C=O) groups excluding carboxylic acids is 1. The second-order valence-electron chi connectivity index (χ2n) is 4.31. The molecule has 2 aromatic rings. The van der Waals surface area contributed by atoms with Crippen molar-refractivity contribution in [1.29, 1.82) is 0 Å². The van der Waals surface area contributed by atoms with Crippen molar-refractivity contribution < 1.29 is 27.1 Å². The predicted molar refractivity (Wildman–Crippen MR) is 75.4 cm³/mol. The molecule has 0 radical (unpaired) electrons. The summed E-state index contributed by atoms with van der Waals surface area (Å²) in [5.41, 5.74) is 3.76. The van der Waals surface area contributed by atoms with E-state index in [0.717, 1.165) is 17.3 Å². The lowest BCUT2D eigenvalue weighted by Gasteiger charge is -2.14. The number of halogens is 4. The van der Waals surface area contributed by atoms with Gasteiger partial charge in [-0.3, -0.25) is 0 Å². The van der Waals surface area contributed by atoms with Crippen molar-refractivity contribution in [2.45, 2.75) is 17.0 Å². The summed E-state index contributed by atoms with van der Waals surface area (Å²) in [5.74, 6) is -2.43. The van der Waals surface area contributed by atoms with Gasteiger partial charge in [0.2, 0.25) is 0 Å². The van der Waals surface area contributed by atoms with Crippen molar-refractivity contribution in [3.63, 3.8) is 0 Å². The van der Waals surface area contributed by atoms with E-state index < -0.39 is 34.4 Å². The maximum Gasteiger partial charge on any atom is 0.422 e. The maximum atomic E-state index is 14.1. The summed E-state index contributed by atoms with van der Waals surface area (Å²) in [6.45, 7) is 0. The number of amides is 1. The standard InChI is InChI=1S/C14H10F4N2O2S/c15-11-10(14(16,17)18)9(22-13(19)21)6-20-12(11)23-7-8-4-2-1-3-5-8/h1-6H,7H2,(H2,19,21). The van der Waals surface area contributed by atoms with E-state index in [-0.39, 0.29) is 5.75 Å². The van der Waals surface area contributed by atoms with Crippen molar-refractivity contribution in [1.82, 2.24) is 4.98 Å². The topological polar surface area (TPSA) is 65.2 Å². The zero-order valence-corrected chi connectivity index (χ0v) is 12.2. The average Bonchev–Trinajstić information content (AvgIpc) is 2.45. The molecule has 0 atom stereocenters. The number of nitrogens with zero attached hydrogens (tertiary/aromatic N) is 1. The number of hydrogen-bond donors (Lipinski definition) is 1. The Labute approximate surface area is 132 Å². The van der Waals surface area contributed by atoms with Crippen LogP contribution in [-0.2, 0) is 11.9 Å². The van der Waals surface area contributed by atoms with E-state index in [1.54, 1.807) is 30.3 Å². The SMILES string of the molecule is NC(=O)Oc1cnc(SCc2ccccc2)c(F)c1C(F)(F)F. The molecule has 0 spiro atoms. The summed E-state index contributed by atoms with van der Waals surface area (Å²) in [7, 11) is 0. The zero-order chi connectivity index (χ0) is 17.0. The first-order chi connectivity index (χ1) is 10.8. The van der Waals surface area contributed by atoms with Crippen molar-refractivity contribution in [3.8, 4) is 5.75 Å². The van der Waals surface area contributed by atoms with Crippen molar-refractivity contribution in [2.24, 2.45) is 5.73 Å². The van der Waals surface area contributed by atoms with Crippen LogP contribution in [0.4, 0.5) is 22.4 Å². The number of aromatic nitrogens is 1. The van der Waals surface area contributed by atoms with E-state index >= 15 is 0 Å². The predicted octanol–water partition coefficient (Wildman–Crippen LogP) is 3.99. The third kappa shape index (κ3) is 4.35. The van der Waals surface area contributed by atoms with E-state index in [1.807, 2.05) is 0 Å². The first-order valence-corrected chi connectivity index (χ1v) is 7.17. The smallest absolute Gasteiger partial charge is 0.408 e. The lowest BCUT2D eigenvalue weighted by atomic mass is 10.2. The summed E-state index contributed by atoms with van der Waals surface area (Å²) in [4.78, 5) is 14.2. The Balaban J connectivity index is 2.33. The summed E-state index contributed by atoms with van der Waals surface area (Å²) in [6.07, 6.45) is -5.91. The second kappa shape index (κ2) is 6.86. The van der Waals surface area contributed by atoms with Crippen LogP contribution in [0.3, 0.4) is 0 Å². The number of ether oxygens (including phenoxy) is 1. The van der Waals surface area contributed by atoms with Crippen LogP contribution in [0.1, 0.15) is 11.1 Å². The molecule has 0 aliphatic rings. The molecular formula is C14H10F4N2O2S. The minimum Gasteiger partial charge on any atom is -0.408 e. The number of hydrogen-bond acceptors (Lipinski definition) is 4. The molecule has 0 saturated heterocycles. The number of carbonyl (C=O) groups is 1. The fourth-order valence-electron chi connectivity index (χ4n) is 1.73. The molecule has 0 fully saturated rings. The fourth-order valence-corrected chi connectivity index (χ4v) is 2.58.